The maximum Gasteiger partial charge on any atom is 0.297 e. The number of alkyl halides is 2. The van der Waals surface area contributed by atoms with E-state index in [1.54, 1.807) is 0 Å². The van der Waals surface area contributed by atoms with Crippen molar-refractivity contribution >= 4 is 11.9 Å². The Balaban J connectivity index is 5.01. The molecule has 0 aliphatic heterocycles. The van der Waals surface area contributed by atoms with Gasteiger partial charge in [-0.15, -0.1) is 0 Å². The van der Waals surface area contributed by atoms with E-state index in [-0.39, 0.29) is 0 Å². The number of hydrogen-bond donors (Lipinski definition) is 0. The molecule has 0 spiro atoms. The molecule has 0 fully saturated rings. The molecule has 0 aromatic rings. The van der Waals surface area contributed by atoms with Crippen molar-refractivity contribution in [3.63, 3.8) is 0 Å². The van der Waals surface area contributed by atoms with Crippen LogP contribution in [-0.2, 0) is 9.59 Å². The van der Waals surface area contributed by atoms with E-state index >= 15 is 0 Å². The highest BCUT2D eigenvalue weighted by Crippen LogP contribution is 2.35. The number of halogens is 2. The quantitative estimate of drug-likeness (QED) is 0.510. The molecule has 4 nitrogen and oxygen atoms in total. The van der Waals surface area contributed by atoms with Gasteiger partial charge in [0, 0.05) is 0 Å². The van der Waals surface area contributed by atoms with Crippen LogP contribution < -0.4 is 10.2 Å². The van der Waals surface area contributed by atoms with Gasteiger partial charge in [0.1, 0.15) is 5.97 Å². The number of carbonyl (C=O) groups is 2. The summed E-state index contributed by atoms with van der Waals surface area (Å²) < 4.78 is 25.0. The Morgan fingerprint density at radius 2 is 1.42 bits per heavy atom. The largest absolute Gasteiger partial charge is 0.549 e. The van der Waals surface area contributed by atoms with E-state index in [0.29, 0.717) is 13.8 Å². The lowest BCUT2D eigenvalue weighted by molar-refractivity contribution is -0.354. The molecule has 0 saturated carbocycles. The van der Waals surface area contributed by atoms with E-state index < -0.39 is 23.3 Å². The van der Waals surface area contributed by atoms with Crippen LogP contribution in [0.15, 0.2) is 0 Å². The van der Waals surface area contributed by atoms with E-state index in [2.05, 4.69) is 0 Å². The summed E-state index contributed by atoms with van der Waals surface area (Å²) >= 11 is 0. The van der Waals surface area contributed by atoms with Crippen molar-refractivity contribution in [3.05, 3.63) is 0 Å². The molecule has 0 aliphatic rings. The third kappa shape index (κ3) is 1.37. The van der Waals surface area contributed by atoms with Gasteiger partial charge < -0.3 is 19.8 Å². The van der Waals surface area contributed by atoms with Crippen molar-refractivity contribution < 1.29 is 28.6 Å². The van der Waals surface area contributed by atoms with Crippen molar-refractivity contribution in [2.75, 3.05) is 0 Å². The second-order valence-corrected chi connectivity index (χ2v) is 2.77. The minimum absolute atomic E-state index is 0.554. The first-order valence-electron chi connectivity index (χ1n) is 2.94. The zero-order valence-electron chi connectivity index (χ0n) is 6.39. The predicted octanol–water partition coefficient (Wildman–Crippen LogP) is -1.85. The van der Waals surface area contributed by atoms with Crippen LogP contribution in [0.5, 0.6) is 0 Å². The van der Waals surface area contributed by atoms with Crippen LogP contribution in [0, 0.1) is 5.41 Å². The zero-order valence-corrected chi connectivity index (χ0v) is 6.39. The lowest BCUT2D eigenvalue weighted by atomic mass is 9.86. The molecule has 0 atom stereocenters. The molecule has 0 heterocycles. The lowest BCUT2D eigenvalue weighted by Crippen LogP contribution is -2.58. The van der Waals surface area contributed by atoms with Crippen molar-refractivity contribution in [3.8, 4) is 0 Å². The molecule has 70 valence electrons. The van der Waals surface area contributed by atoms with Gasteiger partial charge in [0.25, 0.3) is 5.92 Å². The van der Waals surface area contributed by atoms with Crippen LogP contribution >= 0.6 is 0 Å². The highest BCUT2D eigenvalue weighted by atomic mass is 19.3. The number of carboxylic acid groups (broad SMARTS) is 2. The molecule has 0 radical (unpaired) electrons. The first-order chi connectivity index (χ1) is 5.14. The molecular formula is C6H6F2O4-2. The maximum atomic E-state index is 12.5. The van der Waals surface area contributed by atoms with Gasteiger partial charge in [0.05, 0.1) is 11.4 Å². The third-order valence-electron chi connectivity index (χ3n) is 1.55. The molecule has 12 heavy (non-hydrogen) atoms. The lowest BCUT2D eigenvalue weighted by Gasteiger charge is -2.35. The molecule has 0 amide bonds. The average Bonchev–Trinajstić information content (AvgIpc) is 1.86. The molecule has 0 N–H and O–H groups in total. The zero-order chi connectivity index (χ0) is 10.2. The van der Waals surface area contributed by atoms with E-state index in [4.69, 9.17) is 0 Å². The standard InChI is InChI=1S/C6H8F2O4/c1-5(2,3(9)10)6(7,8)4(11)12/h1-2H3,(H,9,10)(H,11,12)/p-2. The number of rotatable bonds is 3. The highest BCUT2D eigenvalue weighted by Gasteiger charge is 2.49. The number of carboxylic acids is 2. The first-order valence-corrected chi connectivity index (χ1v) is 2.94. The second-order valence-electron chi connectivity index (χ2n) is 2.77. The van der Waals surface area contributed by atoms with Crippen molar-refractivity contribution in [2.24, 2.45) is 5.41 Å². The van der Waals surface area contributed by atoms with E-state index in [9.17, 15) is 28.6 Å². The summed E-state index contributed by atoms with van der Waals surface area (Å²) in [6, 6.07) is 0. The molecule has 0 aliphatic carbocycles. The third-order valence-corrected chi connectivity index (χ3v) is 1.55. The summed E-state index contributed by atoms with van der Waals surface area (Å²) in [6.45, 7) is 1.11. The Labute approximate surface area is 66.8 Å². The molecule has 0 rings (SSSR count). The number of hydrogen-bond acceptors (Lipinski definition) is 4. The van der Waals surface area contributed by atoms with Crippen LogP contribution in [0.1, 0.15) is 13.8 Å². The summed E-state index contributed by atoms with van der Waals surface area (Å²) in [7, 11) is 0. The van der Waals surface area contributed by atoms with E-state index in [1.807, 2.05) is 0 Å². The summed E-state index contributed by atoms with van der Waals surface area (Å²) in [5, 5.41) is 19.9. The Kier molecular flexibility index (Phi) is 2.42. The minimum Gasteiger partial charge on any atom is -0.549 e. The second kappa shape index (κ2) is 2.69. The number of carbonyl (C=O) groups excluding carboxylic acids is 2. The van der Waals surface area contributed by atoms with Crippen molar-refractivity contribution in [2.45, 2.75) is 19.8 Å². The molecule has 0 saturated heterocycles. The fraction of sp³-hybridized carbons (Fsp3) is 0.667. The summed E-state index contributed by atoms with van der Waals surface area (Å²) in [5.74, 6) is -9.31. The Bertz CT molecular complexity index is 198. The van der Waals surface area contributed by atoms with Crippen LogP contribution in [0.3, 0.4) is 0 Å². The maximum absolute atomic E-state index is 12.5. The average molecular weight is 180 g/mol. The van der Waals surface area contributed by atoms with E-state index in [1.165, 1.54) is 0 Å². The summed E-state index contributed by atoms with van der Waals surface area (Å²) in [4.78, 5) is 19.9. The SMILES string of the molecule is CC(C)(C(=O)[O-])C(F)(F)C(=O)[O-]. The Hall–Kier alpha value is -1.20. The van der Waals surface area contributed by atoms with Crippen molar-refractivity contribution in [1.82, 2.24) is 0 Å². The topological polar surface area (TPSA) is 80.3 Å². The number of aliphatic carboxylic acids is 2. The molecular weight excluding hydrogens is 174 g/mol. The fourth-order valence-corrected chi connectivity index (χ4v) is 0.383. The van der Waals surface area contributed by atoms with Gasteiger partial charge in [-0.1, -0.05) is 0 Å². The molecule has 6 heteroatoms. The van der Waals surface area contributed by atoms with E-state index in [0.717, 1.165) is 0 Å². The monoisotopic (exact) mass is 180 g/mol. The van der Waals surface area contributed by atoms with Crippen LogP contribution in [0.4, 0.5) is 8.78 Å². The molecule has 0 unspecified atom stereocenters. The van der Waals surface area contributed by atoms with Gasteiger partial charge in [-0.2, -0.15) is 8.78 Å². The van der Waals surface area contributed by atoms with Gasteiger partial charge >= 0.3 is 0 Å². The van der Waals surface area contributed by atoms with Crippen molar-refractivity contribution in [1.29, 1.82) is 0 Å². The van der Waals surface area contributed by atoms with Gasteiger partial charge in [-0.05, 0) is 13.8 Å². The normalized spacial score (nSPS) is 12.7. The highest BCUT2D eigenvalue weighted by molar-refractivity contribution is 5.84. The summed E-state index contributed by atoms with van der Waals surface area (Å²) in [6.07, 6.45) is 0. The predicted molar refractivity (Wildman–Crippen MR) is 28.7 cm³/mol. The van der Waals surface area contributed by atoms with Gasteiger partial charge in [-0.3, -0.25) is 0 Å². The Morgan fingerprint density at radius 3 is 1.50 bits per heavy atom. The smallest absolute Gasteiger partial charge is 0.297 e. The van der Waals surface area contributed by atoms with Crippen LogP contribution in [0.2, 0.25) is 0 Å². The molecule has 0 aromatic heterocycles. The fourth-order valence-electron chi connectivity index (χ4n) is 0.383. The Morgan fingerprint density at radius 1 is 1.08 bits per heavy atom. The molecule has 0 aromatic carbocycles. The van der Waals surface area contributed by atoms with Crippen LogP contribution in [-0.4, -0.2) is 17.9 Å². The first kappa shape index (κ1) is 10.8. The summed E-state index contributed by atoms with van der Waals surface area (Å²) in [5.41, 5.74) is -2.77. The molecule has 0 bridgehead atoms. The van der Waals surface area contributed by atoms with Gasteiger partial charge in [0.2, 0.25) is 0 Å². The van der Waals surface area contributed by atoms with Gasteiger partial charge in [0.15, 0.2) is 0 Å². The minimum atomic E-state index is -4.44. The van der Waals surface area contributed by atoms with Gasteiger partial charge in [-0.25, -0.2) is 0 Å². The van der Waals surface area contributed by atoms with Crippen LogP contribution in [0.25, 0.3) is 0 Å².